The van der Waals surface area contributed by atoms with Gasteiger partial charge in [0.25, 0.3) is 0 Å². The molecule has 1 atom stereocenters. The van der Waals surface area contributed by atoms with Crippen molar-refractivity contribution in [2.75, 3.05) is 32.1 Å². The van der Waals surface area contributed by atoms with Crippen LogP contribution in [0.1, 0.15) is 25.8 Å². The third-order valence-electron chi connectivity index (χ3n) is 4.43. The van der Waals surface area contributed by atoms with Crippen molar-refractivity contribution in [1.82, 2.24) is 10.2 Å². The van der Waals surface area contributed by atoms with Crippen LogP contribution in [0.25, 0.3) is 0 Å². The molecule has 0 aromatic heterocycles. The Morgan fingerprint density at radius 1 is 1.15 bits per heavy atom. The summed E-state index contributed by atoms with van der Waals surface area (Å²) in [5.74, 6) is 0. The maximum absolute atomic E-state index is 5.60. The SMILES string of the molecule is CCCNC(=S)c1ccc2c(c1)N(C(C)CN(C)C)c1ccccc1S2.Cl. The van der Waals surface area contributed by atoms with E-state index in [-0.39, 0.29) is 12.4 Å². The van der Waals surface area contributed by atoms with E-state index < -0.39 is 0 Å². The molecule has 1 aliphatic rings. The zero-order valence-electron chi connectivity index (χ0n) is 16.4. The van der Waals surface area contributed by atoms with Gasteiger partial charge in [-0.05, 0) is 51.7 Å². The van der Waals surface area contributed by atoms with Gasteiger partial charge in [0.15, 0.2) is 0 Å². The predicted octanol–water partition coefficient (Wildman–Crippen LogP) is 5.34. The van der Waals surface area contributed by atoms with Crippen molar-refractivity contribution in [2.45, 2.75) is 36.1 Å². The standard InChI is InChI=1S/C21H27N3S2.ClH/c1-5-12-22-21(25)16-10-11-20-18(13-16)24(15(2)14-23(3)4)17-8-6-7-9-19(17)26-20;/h6-11,13,15H,5,12,14H2,1-4H3,(H,22,25);1H. The van der Waals surface area contributed by atoms with Crippen LogP contribution in [-0.2, 0) is 0 Å². The smallest absolute Gasteiger partial charge is 0.106 e. The van der Waals surface area contributed by atoms with Crippen molar-refractivity contribution in [2.24, 2.45) is 0 Å². The van der Waals surface area contributed by atoms with E-state index in [2.05, 4.69) is 85.5 Å². The Morgan fingerprint density at radius 2 is 1.85 bits per heavy atom. The summed E-state index contributed by atoms with van der Waals surface area (Å²) in [6.07, 6.45) is 1.07. The first-order valence-electron chi connectivity index (χ1n) is 9.14. The number of nitrogens with zero attached hydrogens (tertiary/aromatic N) is 2. The molecule has 1 heterocycles. The minimum Gasteiger partial charge on any atom is -0.376 e. The van der Waals surface area contributed by atoms with Gasteiger partial charge in [0.05, 0.1) is 11.4 Å². The van der Waals surface area contributed by atoms with E-state index in [1.165, 1.54) is 21.2 Å². The summed E-state index contributed by atoms with van der Waals surface area (Å²) in [4.78, 5) is 8.14. The summed E-state index contributed by atoms with van der Waals surface area (Å²) in [6, 6.07) is 15.6. The zero-order chi connectivity index (χ0) is 18.7. The Balaban J connectivity index is 0.00000261. The van der Waals surface area contributed by atoms with Crippen molar-refractivity contribution >= 4 is 52.8 Å². The zero-order valence-corrected chi connectivity index (χ0v) is 18.8. The van der Waals surface area contributed by atoms with Gasteiger partial charge in [0.1, 0.15) is 4.99 Å². The Morgan fingerprint density at radius 3 is 2.56 bits per heavy atom. The predicted molar refractivity (Wildman–Crippen MR) is 124 cm³/mol. The average Bonchev–Trinajstić information content (AvgIpc) is 2.62. The molecule has 0 saturated carbocycles. The lowest BCUT2D eigenvalue weighted by molar-refractivity contribution is 0.380. The van der Waals surface area contributed by atoms with Gasteiger partial charge >= 0.3 is 0 Å². The number of fused-ring (bicyclic) bond motifs is 2. The molecule has 2 aromatic rings. The highest BCUT2D eigenvalue weighted by Crippen LogP contribution is 2.49. The fourth-order valence-electron chi connectivity index (χ4n) is 3.35. The van der Waals surface area contributed by atoms with Crippen LogP contribution in [0.3, 0.4) is 0 Å². The first-order chi connectivity index (χ1) is 12.5. The molecule has 0 radical (unpaired) electrons. The molecule has 0 bridgehead atoms. The van der Waals surface area contributed by atoms with Crippen LogP contribution >= 0.6 is 36.4 Å². The largest absolute Gasteiger partial charge is 0.376 e. The van der Waals surface area contributed by atoms with Gasteiger partial charge in [-0.25, -0.2) is 0 Å². The van der Waals surface area contributed by atoms with Gasteiger partial charge in [-0.1, -0.05) is 49.1 Å². The van der Waals surface area contributed by atoms with Gasteiger partial charge in [-0.2, -0.15) is 0 Å². The van der Waals surface area contributed by atoms with Gasteiger partial charge in [0, 0.05) is 34.5 Å². The Hall–Kier alpha value is -1.27. The molecule has 0 fully saturated rings. The molecule has 0 amide bonds. The van der Waals surface area contributed by atoms with Crippen LogP contribution in [0.4, 0.5) is 11.4 Å². The van der Waals surface area contributed by atoms with Crippen molar-refractivity contribution in [3.63, 3.8) is 0 Å². The van der Waals surface area contributed by atoms with Crippen molar-refractivity contribution < 1.29 is 0 Å². The Kier molecular flexibility index (Phi) is 7.98. The molecule has 27 heavy (non-hydrogen) atoms. The molecule has 2 aromatic carbocycles. The molecule has 1 N–H and O–H groups in total. The van der Waals surface area contributed by atoms with E-state index in [0.717, 1.165) is 30.1 Å². The van der Waals surface area contributed by atoms with E-state index in [0.29, 0.717) is 6.04 Å². The van der Waals surface area contributed by atoms with E-state index in [1.807, 2.05) is 11.8 Å². The molecule has 1 aliphatic heterocycles. The molecule has 3 rings (SSSR count). The lowest BCUT2D eigenvalue weighted by Crippen LogP contribution is -2.38. The van der Waals surface area contributed by atoms with Crippen molar-refractivity contribution in [3.8, 4) is 0 Å². The number of rotatable bonds is 6. The molecule has 6 heteroatoms. The summed E-state index contributed by atoms with van der Waals surface area (Å²) in [5, 5.41) is 3.35. The lowest BCUT2D eigenvalue weighted by Gasteiger charge is -2.38. The Bertz CT molecular complexity index is 795. The van der Waals surface area contributed by atoms with E-state index in [1.54, 1.807) is 0 Å². The number of nitrogens with one attached hydrogen (secondary N) is 1. The van der Waals surface area contributed by atoms with Gasteiger partial charge < -0.3 is 15.1 Å². The number of likely N-dealkylation sites (N-methyl/N-ethyl adjacent to an activating group) is 1. The van der Waals surface area contributed by atoms with Crippen LogP contribution in [-0.4, -0.2) is 43.1 Å². The van der Waals surface area contributed by atoms with Crippen LogP contribution in [0.2, 0.25) is 0 Å². The number of thiocarbonyl (C=S) groups is 1. The second kappa shape index (κ2) is 9.78. The van der Waals surface area contributed by atoms with Gasteiger partial charge in [0.2, 0.25) is 0 Å². The number of anilines is 2. The molecule has 0 saturated heterocycles. The highest BCUT2D eigenvalue weighted by atomic mass is 35.5. The Labute approximate surface area is 178 Å². The average molecular weight is 422 g/mol. The van der Waals surface area contributed by atoms with Crippen LogP contribution in [0.5, 0.6) is 0 Å². The minimum atomic E-state index is 0. The molecule has 0 spiro atoms. The maximum Gasteiger partial charge on any atom is 0.106 e. The summed E-state index contributed by atoms with van der Waals surface area (Å²) >= 11 is 7.44. The number of benzene rings is 2. The van der Waals surface area contributed by atoms with E-state index >= 15 is 0 Å². The molecule has 3 nitrogen and oxygen atoms in total. The molecule has 0 aliphatic carbocycles. The number of halogens is 1. The molecular formula is C21H28ClN3S2. The van der Waals surface area contributed by atoms with Crippen LogP contribution in [0, 0.1) is 0 Å². The highest BCUT2D eigenvalue weighted by molar-refractivity contribution is 7.99. The first kappa shape index (κ1) is 22.0. The monoisotopic (exact) mass is 421 g/mol. The van der Waals surface area contributed by atoms with E-state index in [4.69, 9.17) is 12.2 Å². The fraction of sp³-hybridized carbons (Fsp3) is 0.381. The van der Waals surface area contributed by atoms with Crippen LogP contribution in [0.15, 0.2) is 52.3 Å². The third-order valence-corrected chi connectivity index (χ3v) is 5.94. The molecule has 1 unspecified atom stereocenters. The second-order valence-electron chi connectivity index (χ2n) is 6.99. The van der Waals surface area contributed by atoms with Gasteiger partial charge in [-0.3, -0.25) is 0 Å². The first-order valence-corrected chi connectivity index (χ1v) is 10.4. The molecule has 146 valence electrons. The summed E-state index contributed by atoms with van der Waals surface area (Å²) in [6.45, 7) is 6.34. The van der Waals surface area contributed by atoms with E-state index in [9.17, 15) is 0 Å². The fourth-order valence-corrected chi connectivity index (χ4v) is 4.63. The number of para-hydroxylation sites is 1. The van der Waals surface area contributed by atoms with Gasteiger partial charge in [-0.15, -0.1) is 12.4 Å². The molecular weight excluding hydrogens is 394 g/mol. The summed E-state index contributed by atoms with van der Waals surface area (Å²) in [7, 11) is 4.25. The second-order valence-corrected chi connectivity index (χ2v) is 8.48. The quantitative estimate of drug-likeness (QED) is 0.633. The number of hydrogen-bond acceptors (Lipinski definition) is 4. The normalized spacial score (nSPS) is 13.4. The minimum absolute atomic E-state index is 0. The topological polar surface area (TPSA) is 18.5 Å². The highest BCUT2D eigenvalue weighted by Gasteiger charge is 2.27. The maximum atomic E-state index is 5.60. The van der Waals surface area contributed by atoms with Crippen LogP contribution < -0.4 is 10.2 Å². The summed E-state index contributed by atoms with van der Waals surface area (Å²) in [5.41, 5.74) is 3.62. The third kappa shape index (κ3) is 4.96. The van der Waals surface area contributed by atoms with Crippen molar-refractivity contribution in [1.29, 1.82) is 0 Å². The summed E-state index contributed by atoms with van der Waals surface area (Å²) < 4.78 is 0. The number of hydrogen-bond donors (Lipinski definition) is 1. The van der Waals surface area contributed by atoms with Crippen molar-refractivity contribution in [3.05, 3.63) is 48.0 Å². The lowest BCUT2D eigenvalue weighted by atomic mass is 10.1.